The number of aromatic nitrogens is 2. The van der Waals surface area contributed by atoms with Crippen molar-refractivity contribution < 1.29 is 0 Å². The highest BCUT2D eigenvalue weighted by Crippen LogP contribution is 2.59. The van der Waals surface area contributed by atoms with Gasteiger partial charge in [-0.2, -0.15) is 0 Å². The summed E-state index contributed by atoms with van der Waals surface area (Å²) in [6, 6.07) is 8.03. The Hall–Kier alpha value is -1.64. The number of aryl methyl sites for hydroxylation is 1. The van der Waals surface area contributed by atoms with Gasteiger partial charge in [-0.25, -0.2) is 4.98 Å². The largest absolute Gasteiger partial charge is 0.308 e. The summed E-state index contributed by atoms with van der Waals surface area (Å²) in [6.45, 7) is 0. The van der Waals surface area contributed by atoms with Crippen LogP contribution in [0.2, 0.25) is 0 Å². The van der Waals surface area contributed by atoms with Crippen LogP contribution in [0.15, 0.2) is 29.1 Å². The van der Waals surface area contributed by atoms with Crippen molar-refractivity contribution >= 4 is 11.0 Å². The molecule has 0 aliphatic heterocycles. The Kier molecular flexibility index (Phi) is 2.46. The molecule has 0 unspecified atom stereocenters. The van der Waals surface area contributed by atoms with Crippen LogP contribution in [0.1, 0.15) is 44.2 Å². The van der Waals surface area contributed by atoms with Gasteiger partial charge in [0, 0.05) is 12.5 Å². The zero-order valence-electron chi connectivity index (χ0n) is 13.1. The molecule has 4 saturated carbocycles. The fraction of sp³-hybridized carbons (Fsp3) is 0.579. The summed E-state index contributed by atoms with van der Waals surface area (Å²) >= 11 is 0. The number of hydrogen-bond donors (Lipinski definition) is 0. The van der Waals surface area contributed by atoms with Gasteiger partial charge in [0.15, 0.2) is 0 Å². The van der Waals surface area contributed by atoms with Crippen LogP contribution in [0.3, 0.4) is 0 Å². The highest BCUT2D eigenvalue weighted by Gasteiger charge is 2.53. The van der Waals surface area contributed by atoms with Gasteiger partial charge < -0.3 is 4.57 Å². The van der Waals surface area contributed by atoms with Crippen LogP contribution in [0.4, 0.5) is 0 Å². The molecule has 2 aromatic rings. The van der Waals surface area contributed by atoms with E-state index < -0.39 is 0 Å². The minimum absolute atomic E-state index is 0.0770. The summed E-state index contributed by atoms with van der Waals surface area (Å²) in [7, 11) is 1.90. The van der Waals surface area contributed by atoms with E-state index in [1.807, 2.05) is 35.9 Å². The van der Waals surface area contributed by atoms with Crippen molar-refractivity contribution in [2.45, 2.75) is 43.9 Å². The summed E-state index contributed by atoms with van der Waals surface area (Å²) in [5.41, 5.74) is 3.00. The van der Waals surface area contributed by atoms with Crippen molar-refractivity contribution in [3.63, 3.8) is 0 Å². The summed E-state index contributed by atoms with van der Waals surface area (Å²) < 4.78 is 1.82. The number of hydrogen-bond acceptors (Lipinski definition) is 2. The molecule has 4 bridgehead atoms. The quantitative estimate of drug-likeness (QED) is 0.808. The maximum Gasteiger partial charge on any atom is 0.273 e. The summed E-state index contributed by atoms with van der Waals surface area (Å²) in [5.74, 6) is 2.51. The fourth-order valence-electron chi connectivity index (χ4n) is 6.02. The molecule has 4 aliphatic rings. The van der Waals surface area contributed by atoms with E-state index in [4.69, 9.17) is 4.98 Å². The molecular formula is C19H22N2O. The van der Waals surface area contributed by atoms with Crippen LogP contribution in [-0.4, -0.2) is 9.55 Å². The Morgan fingerprint density at radius 1 is 1.05 bits per heavy atom. The lowest BCUT2D eigenvalue weighted by Gasteiger charge is -2.56. The fourth-order valence-corrected chi connectivity index (χ4v) is 6.02. The summed E-state index contributed by atoms with van der Waals surface area (Å²) in [5, 5.41) is 0. The maximum atomic E-state index is 13.0. The van der Waals surface area contributed by atoms with Crippen LogP contribution in [-0.2, 0) is 12.5 Å². The molecule has 0 radical (unpaired) electrons. The van der Waals surface area contributed by atoms with Gasteiger partial charge in [0.05, 0.1) is 11.0 Å². The van der Waals surface area contributed by atoms with E-state index in [0.717, 1.165) is 34.5 Å². The molecule has 0 N–H and O–H groups in total. The summed E-state index contributed by atoms with van der Waals surface area (Å²) in [6.07, 6.45) is 7.77. The molecule has 1 aromatic carbocycles. The maximum absolute atomic E-state index is 13.0. The van der Waals surface area contributed by atoms with Gasteiger partial charge in [-0.1, -0.05) is 12.1 Å². The molecule has 4 aliphatic carbocycles. The van der Waals surface area contributed by atoms with Gasteiger partial charge in [-0.05, 0) is 68.4 Å². The number of rotatable bonds is 1. The second kappa shape index (κ2) is 4.21. The van der Waals surface area contributed by atoms with Crippen molar-refractivity contribution in [3.8, 4) is 0 Å². The molecule has 0 saturated heterocycles. The molecule has 0 atom stereocenters. The molecular weight excluding hydrogens is 272 g/mol. The number of nitrogens with zero attached hydrogens (tertiary/aromatic N) is 2. The van der Waals surface area contributed by atoms with Crippen LogP contribution in [0.25, 0.3) is 11.0 Å². The van der Waals surface area contributed by atoms with Crippen LogP contribution in [0.5, 0.6) is 0 Å². The monoisotopic (exact) mass is 294 g/mol. The predicted octanol–water partition coefficient (Wildman–Crippen LogP) is 3.40. The topological polar surface area (TPSA) is 34.9 Å². The second-order valence-corrected chi connectivity index (χ2v) is 8.01. The first-order chi connectivity index (χ1) is 10.6. The van der Waals surface area contributed by atoms with Crippen molar-refractivity contribution in [2.24, 2.45) is 24.8 Å². The molecule has 1 aromatic heterocycles. The molecule has 1 heterocycles. The van der Waals surface area contributed by atoms with E-state index in [1.54, 1.807) is 0 Å². The van der Waals surface area contributed by atoms with Gasteiger partial charge in [0.2, 0.25) is 0 Å². The number of benzene rings is 1. The summed E-state index contributed by atoms with van der Waals surface area (Å²) in [4.78, 5) is 17.9. The highest BCUT2D eigenvalue weighted by atomic mass is 16.1. The zero-order chi connectivity index (χ0) is 14.9. The molecule has 4 fully saturated rings. The molecule has 22 heavy (non-hydrogen) atoms. The Labute approximate surface area is 130 Å². The van der Waals surface area contributed by atoms with Crippen molar-refractivity contribution in [2.75, 3.05) is 0 Å². The normalized spacial score (nSPS) is 36.1. The lowest BCUT2D eigenvalue weighted by Crippen LogP contribution is -2.51. The van der Waals surface area contributed by atoms with Gasteiger partial charge >= 0.3 is 0 Å². The molecule has 3 nitrogen and oxygen atoms in total. The lowest BCUT2D eigenvalue weighted by molar-refractivity contribution is -0.00790. The van der Waals surface area contributed by atoms with E-state index in [9.17, 15) is 4.79 Å². The Bertz CT molecular complexity index is 785. The van der Waals surface area contributed by atoms with Crippen molar-refractivity contribution in [3.05, 3.63) is 40.3 Å². The van der Waals surface area contributed by atoms with Crippen molar-refractivity contribution in [1.29, 1.82) is 0 Å². The molecule has 0 amide bonds. The van der Waals surface area contributed by atoms with E-state index >= 15 is 0 Å². The third kappa shape index (κ3) is 1.62. The van der Waals surface area contributed by atoms with E-state index in [-0.39, 0.29) is 11.0 Å². The van der Waals surface area contributed by atoms with Crippen LogP contribution >= 0.6 is 0 Å². The third-order valence-corrected chi connectivity index (χ3v) is 6.52. The Morgan fingerprint density at radius 2 is 1.64 bits per heavy atom. The first-order valence-corrected chi connectivity index (χ1v) is 8.61. The average molecular weight is 294 g/mol. The van der Waals surface area contributed by atoms with Crippen molar-refractivity contribution in [1.82, 2.24) is 9.55 Å². The third-order valence-electron chi connectivity index (χ3n) is 6.52. The molecule has 114 valence electrons. The Morgan fingerprint density at radius 3 is 2.27 bits per heavy atom. The first kappa shape index (κ1) is 12.9. The van der Waals surface area contributed by atoms with Crippen LogP contribution < -0.4 is 5.56 Å². The minimum Gasteiger partial charge on any atom is -0.308 e. The zero-order valence-corrected chi connectivity index (χ0v) is 13.1. The molecule has 6 rings (SSSR count). The van der Waals surface area contributed by atoms with Gasteiger partial charge in [-0.3, -0.25) is 4.79 Å². The standard InChI is InChI=1S/C19H22N2O/c1-21-16-5-3-2-4-15(16)20-17(18(21)22)19-9-12-6-13(10-19)8-14(7-12)11-19/h2-5,12-14H,6-11H2,1H3. The predicted molar refractivity (Wildman–Crippen MR) is 86.8 cm³/mol. The van der Waals surface area contributed by atoms with Gasteiger partial charge in [-0.15, -0.1) is 0 Å². The van der Waals surface area contributed by atoms with Crippen LogP contribution in [0, 0.1) is 17.8 Å². The highest BCUT2D eigenvalue weighted by molar-refractivity contribution is 5.74. The second-order valence-electron chi connectivity index (χ2n) is 8.01. The lowest BCUT2D eigenvalue weighted by atomic mass is 9.49. The number of fused-ring (bicyclic) bond motifs is 1. The van der Waals surface area contributed by atoms with Gasteiger partial charge in [0.25, 0.3) is 5.56 Å². The van der Waals surface area contributed by atoms with Gasteiger partial charge in [0.1, 0.15) is 5.69 Å². The van der Waals surface area contributed by atoms with E-state index in [1.165, 1.54) is 38.5 Å². The molecule has 3 heteroatoms. The minimum atomic E-state index is 0.0770. The smallest absolute Gasteiger partial charge is 0.273 e. The van der Waals surface area contributed by atoms with E-state index in [2.05, 4.69) is 0 Å². The first-order valence-electron chi connectivity index (χ1n) is 8.61. The van der Waals surface area contributed by atoms with E-state index in [0.29, 0.717) is 0 Å². The molecule has 0 spiro atoms. The average Bonchev–Trinajstić information content (AvgIpc) is 2.49. The number of para-hydroxylation sites is 2. The SMILES string of the molecule is Cn1c(=O)c(C23CC4CC(CC(C4)C2)C3)nc2ccccc21. The Balaban J connectivity index is 1.74.